The Morgan fingerprint density at radius 1 is 0.900 bits per heavy atom. The summed E-state index contributed by atoms with van der Waals surface area (Å²) in [5, 5.41) is 0. The third-order valence-corrected chi connectivity index (χ3v) is 3.90. The highest BCUT2D eigenvalue weighted by atomic mass is 16.2. The van der Waals surface area contributed by atoms with Crippen LogP contribution in [0.25, 0.3) is 0 Å². The molecule has 4 heteroatoms. The van der Waals surface area contributed by atoms with Gasteiger partial charge in [-0.05, 0) is 31.9 Å². The fraction of sp³-hybridized carbons (Fsp3) is 0.500. The number of carbonyl (C=O) groups excluding carboxylic acids is 2. The smallest absolute Gasteiger partial charge is 0.254 e. The van der Waals surface area contributed by atoms with Crippen LogP contribution in [0.5, 0.6) is 0 Å². The molecule has 1 heterocycles. The van der Waals surface area contributed by atoms with Gasteiger partial charge in [-0.3, -0.25) is 9.59 Å². The first-order valence-electron chi connectivity index (χ1n) is 7.03. The van der Waals surface area contributed by atoms with Crippen molar-refractivity contribution in [3.63, 3.8) is 0 Å². The molecule has 20 heavy (non-hydrogen) atoms. The van der Waals surface area contributed by atoms with Gasteiger partial charge in [-0.15, -0.1) is 0 Å². The summed E-state index contributed by atoms with van der Waals surface area (Å²) in [7, 11) is 0. The number of hydrogen-bond donors (Lipinski definition) is 0. The summed E-state index contributed by atoms with van der Waals surface area (Å²) in [5.74, 6) is 0.169. The van der Waals surface area contributed by atoms with Crippen LogP contribution in [-0.2, 0) is 4.79 Å². The molecular formula is C16H22N2O2. The molecule has 0 saturated carbocycles. The summed E-state index contributed by atoms with van der Waals surface area (Å²) in [6, 6.07) is 4.10. The Morgan fingerprint density at radius 2 is 1.35 bits per heavy atom. The molecule has 1 aliphatic rings. The summed E-state index contributed by atoms with van der Waals surface area (Å²) >= 11 is 0. The minimum Gasteiger partial charge on any atom is -0.339 e. The second-order valence-corrected chi connectivity index (χ2v) is 5.57. The minimum atomic E-state index is 0.0831. The zero-order valence-electron chi connectivity index (χ0n) is 12.7. The Hall–Kier alpha value is -1.84. The number of rotatable bonds is 1. The van der Waals surface area contributed by atoms with Gasteiger partial charge < -0.3 is 9.80 Å². The Bertz CT molecular complexity index is 520. The third-order valence-electron chi connectivity index (χ3n) is 3.90. The standard InChI is InChI=1S/C16H22N2O2/c1-11-9-12(2)15(13(3)10-11)16(20)18-7-5-17(6-8-18)14(4)19/h9-10H,5-8H2,1-4H3. The van der Waals surface area contributed by atoms with Crippen molar-refractivity contribution < 1.29 is 9.59 Å². The lowest BCUT2D eigenvalue weighted by molar-refractivity contribution is -0.130. The number of nitrogens with zero attached hydrogens (tertiary/aromatic N) is 2. The van der Waals surface area contributed by atoms with Crippen LogP contribution in [0.3, 0.4) is 0 Å². The zero-order valence-corrected chi connectivity index (χ0v) is 12.7. The molecule has 0 atom stereocenters. The molecule has 1 saturated heterocycles. The van der Waals surface area contributed by atoms with Crippen LogP contribution >= 0.6 is 0 Å². The van der Waals surface area contributed by atoms with Gasteiger partial charge in [-0.2, -0.15) is 0 Å². The minimum absolute atomic E-state index is 0.0831. The Balaban J connectivity index is 2.16. The Morgan fingerprint density at radius 3 is 1.80 bits per heavy atom. The Labute approximate surface area is 120 Å². The lowest BCUT2D eigenvalue weighted by atomic mass is 9.98. The second-order valence-electron chi connectivity index (χ2n) is 5.57. The largest absolute Gasteiger partial charge is 0.339 e. The van der Waals surface area contributed by atoms with Crippen molar-refractivity contribution in [2.24, 2.45) is 0 Å². The highest BCUT2D eigenvalue weighted by Crippen LogP contribution is 2.19. The summed E-state index contributed by atoms with van der Waals surface area (Å²) in [6.45, 7) is 10.1. The zero-order chi connectivity index (χ0) is 14.9. The number of hydrogen-bond acceptors (Lipinski definition) is 2. The quantitative estimate of drug-likeness (QED) is 0.785. The van der Waals surface area contributed by atoms with Crippen LogP contribution in [-0.4, -0.2) is 47.8 Å². The summed E-state index contributed by atoms with van der Waals surface area (Å²) in [5.41, 5.74) is 4.05. The average molecular weight is 274 g/mol. The number of aryl methyl sites for hydroxylation is 3. The fourth-order valence-corrected chi connectivity index (χ4v) is 2.90. The molecule has 0 N–H and O–H groups in total. The number of benzene rings is 1. The topological polar surface area (TPSA) is 40.6 Å². The van der Waals surface area contributed by atoms with E-state index in [2.05, 4.69) is 0 Å². The van der Waals surface area contributed by atoms with Crippen LogP contribution in [0.2, 0.25) is 0 Å². The average Bonchev–Trinajstić information content (AvgIpc) is 2.37. The lowest BCUT2D eigenvalue weighted by Crippen LogP contribution is -2.50. The molecule has 0 spiro atoms. The highest BCUT2D eigenvalue weighted by Gasteiger charge is 2.25. The van der Waals surface area contributed by atoms with E-state index in [9.17, 15) is 9.59 Å². The van der Waals surface area contributed by atoms with Crippen LogP contribution in [0.4, 0.5) is 0 Å². The molecule has 0 radical (unpaired) electrons. The third kappa shape index (κ3) is 2.84. The molecule has 2 rings (SSSR count). The van der Waals surface area contributed by atoms with E-state index >= 15 is 0 Å². The van der Waals surface area contributed by atoms with Gasteiger partial charge in [-0.1, -0.05) is 17.7 Å². The number of piperazine rings is 1. The molecule has 1 aromatic rings. The normalized spacial score (nSPS) is 15.4. The van der Waals surface area contributed by atoms with Crippen molar-refractivity contribution in [1.29, 1.82) is 0 Å². The van der Waals surface area contributed by atoms with Crippen LogP contribution < -0.4 is 0 Å². The van der Waals surface area contributed by atoms with Crippen molar-refractivity contribution in [1.82, 2.24) is 9.80 Å². The van der Waals surface area contributed by atoms with E-state index in [-0.39, 0.29) is 11.8 Å². The van der Waals surface area contributed by atoms with Gasteiger partial charge in [0.2, 0.25) is 5.91 Å². The molecule has 0 aromatic heterocycles. The molecule has 2 amide bonds. The van der Waals surface area contributed by atoms with Gasteiger partial charge in [0.1, 0.15) is 0 Å². The first kappa shape index (κ1) is 14.6. The first-order valence-corrected chi connectivity index (χ1v) is 7.03. The van der Waals surface area contributed by atoms with Gasteiger partial charge in [0.15, 0.2) is 0 Å². The maximum Gasteiger partial charge on any atom is 0.254 e. The van der Waals surface area contributed by atoms with Gasteiger partial charge in [-0.25, -0.2) is 0 Å². The first-order chi connectivity index (χ1) is 9.40. The Kier molecular flexibility index (Phi) is 4.12. The molecule has 0 bridgehead atoms. The van der Waals surface area contributed by atoms with E-state index in [0.29, 0.717) is 26.2 Å². The second kappa shape index (κ2) is 5.65. The number of carbonyl (C=O) groups is 2. The van der Waals surface area contributed by atoms with E-state index < -0.39 is 0 Å². The summed E-state index contributed by atoms with van der Waals surface area (Å²) < 4.78 is 0. The van der Waals surface area contributed by atoms with Crippen molar-refractivity contribution in [2.45, 2.75) is 27.7 Å². The van der Waals surface area contributed by atoms with Gasteiger partial charge >= 0.3 is 0 Å². The van der Waals surface area contributed by atoms with E-state index in [0.717, 1.165) is 16.7 Å². The summed E-state index contributed by atoms with van der Waals surface area (Å²) in [4.78, 5) is 27.6. The van der Waals surface area contributed by atoms with Crippen molar-refractivity contribution >= 4 is 11.8 Å². The lowest BCUT2D eigenvalue weighted by Gasteiger charge is -2.34. The van der Waals surface area contributed by atoms with Crippen LogP contribution in [0, 0.1) is 20.8 Å². The fourth-order valence-electron chi connectivity index (χ4n) is 2.90. The molecular weight excluding hydrogens is 252 g/mol. The van der Waals surface area contributed by atoms with E-state index in [1.54, 1.807) is 11.8 Å². The molecule has 0 unspecified atom stereocenters. The predicted octanol–water partition coefficient (Wildman–Crippen LogP) is 1.92. The molecule has 4 nitrogen and oxygen atoms in total. The van der Waals surface area contributed by atoms with Gasteiger partial charge in [0, 0.05) is 38.7 Å². The van der Waals surface area contributed by atoms with E-state index in [1.165, 1.54) is 5.56 Å². The highest BCUT2D eigenvalue weighted by molar-refractivity contribution is 5.97. The van der Waals surface area contributed by atoms with Crippen molar-refractivity contribution in [2.75, 3.05) is 26.2 Å². The molecule has 108 valence electrons. The van der Waals surface area contributed by atoms with Crippen molar-refractivity contribution in [3.8, 4) is 0 Å². The summed E-state index contributed by atoms with van der Waals surface area (Å²) in [6.07, 6.45) is 0. The van der Waals surface area contributed by atoms with Crippen molar-refractivity contribution in [3.05, 3.63) is 34.4 Å². The monoisotopic (exact) mass is 274 g/mol. The van der Waals surface area contributed by atoms with E-state index in [4.69, 9.17) is 0 Å². The molecule has 1 aromatic carbocycles. The maximum absolute atomic E-state index is 12.7. The van der Waals surface area contributed by atoms with Gasteiger partial charge in [0.25, 0.3) is 5.91 Å². The van der Waals surface area contributed by atoms with Crippen LogP contribution in [0.1, 0.15) is 34.0 Å². The molecule has 0 aliphatic carbocycles. The molecule has 1 aliphatic heterocycles. The van der Waals surface area contributed by atoms with Crippen LogP contribution in [0.15, 0.2) is 12.1 Å². The molecule has 1 fully saturated rings. The number of amides is 2. The predicted molar refractivity (Wildman–Crippen MR) is 78.8 cm³/mol. The maximum atomic E-state index is 12.7. The van der Waals surface area contributed by atoms with E-state index in [1.807, 2.05) is 37.8 Å². The SMILES string of the molecule is CC(=O)N1CCN(C(=O)c2c(C)cc(C)cc2C)CC1. The van der Waals surface area contributed by atoms with Gasteiger partial charge in [0.05, 0.1) is 0 Å².